The van der Waals surface area contributed by atoms with Crippen molar-refractivity contribution in [2.45, 2.75) is 39.2 Å². The van der Waals surface area contributed by atoms with Crippen LogP contribution in [0.2, 0.25) is 0 Å². The Balaban J connectivity index is 1.49. The van der Waals surface area contributed by atoms with E-state index in [1.807, 2.05) is 0 Å². The molecule has 0 fully saturated rings. The quantitative estimate of drug-likeness (QED) is 0.391. The predicted octanol–water partition coefficient (Wildman–Crippen LogP) is 8.28. The Kier molecular flexibility index (Phi) is 5.50. The minimum atomic E-state index is 0.172. The van der Waals surface area contributed by atoms with Crippen molar-refractivity contribution in [3.8, 4) is 0 Å². The molecule has 2 heterocycles. The van der Waals surface area contributed by atoms with Gasteiger partial charge in [-0.1, -0.05) is 102 Å². The first-order valence-corrected chi connectivity index (χ1v) is 12.9. The van der Waals surface area contributed by atoms with Crippen LogP contribution in [-0.2, 0) is 0 Å². The Labute approximate surface area is 206 Å². The van der Waals surface area contributed by atoms with Crippen molar-refractivity contribution < 1.29 is 0 Å². The van der Waals surface area contributed by atoms with Gasteiger partial charge in [-0.05, 0) is 67.0 Å². The molecule has 1 atom stereocenters. The average molecular weight is 461 g/mol. The van der Waals surface area contributed by atoms with E-state index in [1.54, 1.807) is 11.8 Å². The first-order chi connectivity index (χ1) is 16.7. The van der Waals surface area contributed by atoms with Gasteiger partial charge in [0.25, 0.3) is 0 Å². The van der Waals surface area contributed by atoms with Crippen molar-refractivity contribution in [1.82, 2.24) is 4.90 Å². The van der Waals surface area contributed by atoms with Crippen molar-refractivity contribution in [2.24, 2.45) is 4.99 Å². The fraction of sp³-hybridized carbons (Fsp3) is 0.194. The molecule has 0 aromatic heterocycles. The molecule has 0 radical (unpaired) electrons. The van der Waals surface area contributed by atoms with E-state index < -0.39 is 0 Å². The van der Waals surface area contributed by atoms with Crippen LogP contribution >= 0.6 is 11.8 Å². The molecule has 0 amide bonds. The second-order valence-corrected chi connectivity index (χ2v) is 10.2. The number of hydrogen-bond donors (Lipinski definition) is 0. The lowest BCUT2D eigenvalue weighted by atomic mass is 9.82. The smallest absolute Gasteiger partial charge is 0.174 e. The Morgan fingerprint density at radius 1 is 0.853 bits per heavy atom. The minimum absolute atomic E-state index is 0.172. The van der Waals surface area contributed by atoms with E-state index in [0.717, 1.165) is 24.4 Å². The normalized spacial score (nSPS) is 20.7. The van der Waals surface area contributed by atoms with Crippen LogP contribution in [0, 0.1) is 13.8 Å². The number of hydrogen-bond acceptors (Lipinski definition) is 3. The Morgan fingerprint density at radius 2 is 1.56 bits per heavy atom. The van der Waals surface area contributed by atoms with Crippen LogP contribution in [-0.4, -0.2) is 10.1 Å². The van der Waals surface area contributed by atoms with E-state index in [-0.39, 0.29) is 6.04 Å². The molecule has 2 nitrogen and oxygen atoms in total. The zero-order chi connectivity index (χ0) is 23.1. The molecule has 34 heavy (non-hydrogen) atoms. The van der Waals surface area contributed by atoms with Crippen LogP contribution in [0.1, 0.15) is 53.1 Å². The van der Waals surface area contributed by atoms with Crippen molar-refractivity contribution in [3.63, 3.8) is 0 Å². The molecule has 1 aliphatic carbocycles. The molecule has 168 valence electrons. The minimum Gasteiger partial charge on any atom is -0.308 e. The summed E-state index contributed by atoms with van der Waals surface area (Å²) in [5, 5.41) is 3.36. The summed E-state index contributed by atoms with van der Waals surface area (Å²) in [6, 6.07) is 28.8. The van der Waals surface area contributed by atoms with Gasteiger partial charge in [-0.15, -0.1) is 0 Å². The highest BCUT2D eigenvalue weighted by atomic mass is 32.2. The monoisotopic (exact) mass is 460 g/mol. The molecule has 0 spiro atoms. The van der Waals surface area contributed by atoms with Crippen LogP contribution in [0.4, 0.5) is 0 Å². The molecule has 0 saturated heterocycles. The maximum Gasteiger partial charge on any atom is 0.174 e. The van der Waals surface area contributed by atoms with Gasteiger partial charge >= 0.3 is 0 Å². The van der Waals surface area contributed by atoms with Crippen LogP contribution in [0.25, 0.3) is 11.8 Å². The lowest BCUT2D eigenvalue weighted by Crippen LogP contribution is -2.34. The maximum atomic E-state index is 5.29. The molecule has 1 unspecified atom stereocenters. The molecule has 3 heteroatoms. The van der Waals surface area contributed by atoms with Gasteiger partial charge in [-0.25, -0.2) is 4.99 Å². The Morgan fingerprint density at radius 3 is 2.29 bits per heavy atom. The molecule has 3 aliphatic rings. The third-order valence-corrected chi connectivity index (χ3v) is 7.76. The van der Waals surface area contributed by atoms with Gasteiger partial charge in [-0.3, -0.25) is 0 Å². The molecule has 3 aromatic carbocycles. The van der Waals surface area contributed by atoms with Gasteiger partial charge in [0.2, 0.25) is 0 Å². The number of benzene rings is 3. The van der Waals surface area contributed by atoms with Gasteiger partial charge in [0, 0.05) is 5.41 Å². The summed E-state index contributed by atoms with van der Waals surface area (Å²) in [6.45, 7) is 4.30. The maximum absolute atomic E-state index is 5.29. The Bertz CT molecular complexity index is 1340. The molecular formula is C31H28N2S. The van der Waals surface area contributed by atoms with Gasteiger partial charge < -0.3 is 4.90 Å². The van der Waals surface area contributed by atoms with Crippen LogP contribution in [0.5, 0.6) is 0 Å². The summed E-state index contributed by atoms with van der Waals surface area (Å²) < 4.78 is 0. The third-order valence-electron chi connectivity index (χ3n) is 6.92. The van der Waals surface area contributed by atoms with Crippen LogP contribution < -0.4 is 0 Å². The molecule has 0 N–H and O–H groups in total. The molecule has 6 rings (SSSR count). The number of thioether (sulfide) groups is 1. The van der Waals surface area contributed by atoms with Crippen LogP contribution in [0.15, 0.2) is 106 Å². The first-order valence-electron chi connectivity index (χ1n) is 12.0. The summed E-state index contributed by atoms with van der Waals surface area (Å²) in [5.74, 6) is 0. The molecule has 2 aliphatic heterocycles. The van der Waals surface area contributed by atoms with Crippen molar-refractivity contribution in [1.29, 1.82) is 0 Å². The van der Waals surface area contributed by atoms with Gasteiger partial charge in [0.05, 0.1) is 17.4 Å². The summed E-state index contributed by atoms with van der Waals surface area (Å²) in [7, 11) is 0. The van der Waals surface area contributed by atoms with E-state index in [1.165, 1.54) is 50.4 Å². The molecule has 0 bridgehead atoms. The summed E-state index contributed by atoms with van der Waals surface area (Å²) >= 11 is 1.75. The SMILES string of the molecule is Cc1ccc(C=C2CCCC3=C2N=C2SC=C(c4ccccc4)N2C3c2ccc(C)cc2)cc1. The van der Waals surface area contributed by atoms with E-state index >= 15 is 0 Å². The number of aryl methyl sites for hydroxylation is 2. The predicted molar refractivity (Wildman–Crippen MR) is 145 cm³/mol. The highest BCUT2D eigenvalue weighted by Crippen LogP contribution is 2.51. The number of nitrogens with zero attached hydrogens (tertiary/aromatic N) is 2. The fourth-order valence-electron chi connectivity index (χ4n) is 5.15. The summed E-state index contributed by atoms with van der Waals surface area (Å²) in [4.78, 5) is 7.77. The largest absolute Gasteiger partial charge is 0.308 e. The van der Waals surface area contributed by atoms with Crippen molar-refractivity contribution in [3.05, 3.63) is 129 Å². The van der Waals surface area contributed by atoms with Gasteiger partial charge in [-0.2, -0.15) is 0 Å². The van der Waals surface area contributed by atoms with E-state index in [0.29, 0.717) is 0 Å². The average Bonchev–Trinajstić information content (AvgIpc) is 3.29. The summed E-state index contributed by atoms with van der Waals surface area (Å²) in [6.07, 6.45) is 5.67. The van der Waals surface area contributed by atoms with E-state index in [9.17, 15) is 0 Å². The highest BCUT2D eigenvalue weighted by molar-refractivity contribution is 8.16. The number of rotatable bonds is 3. The standard InChI is InChI=1S/C31H28N2S/c1-21-11-15-23(16-12-21)19-26-9-6-10-27-29(26)32-31-33(30(27)25-17-13-22(2)14-18-25)28(20-34-31)24-7-4-3-5-8-24/h3-5,7-8,11-20,30H,6,9-10H2,1-2H3. The molecule has 3 aromatic rings. The molecule has 0 saturated carbocycles. The van der Waals surface area contributed by atoms with Gasteiger partial charge in [0.1, 0.15) is 0 Å². The first kappa shape index (κ1) is 21.2. The van der Waals surface area contributed by atoms with E-state index in [2.05, 4.69) is 109 Å². The van der Waals surface area contributed by atoms with Crippen molar-refractivity contribution >= 4 is 28.7 Å². The summed E-state index contributed by atoms with van der Waals surface area (Å²) in [5.41, 5.74) is 11.7. The zero-order valence-corrected chi connectivity index (χ0v) is 20.5. The number of amidine groups is 1. The third kappa shape index (κ3) is 3.84. The highest BCUT2D eigenvalue weighted by Gasteiger charge is 2.40. The number of aliphatic imine (C=N–C) groups is 1. The van der Waals surface area contributed by atoms with Gasteiger partial charge in [0.15, 0.2) is 5.17 Å². The Hall–Kier alpha value is -3.30. The van der Waals surface area contributed by atoms with E-state index in [4.69, 9.17) is 4.99 Å². The molecular weight excluding hydrogens is 432 g/mol. The van der Waals surface area contributed by atoms with Crippen molar-refractivity contribution in [2.75, 3.05) is 0 Å². The lowest BCUT2D eigenvalue weighted by Gasteiger charge is -2.40. The topological polar surface area (TPSA) is 15.6 Å². The second kappa shape index (κ2) is 8.81. The zero-order valence-electron chi connectivity index (χ0n) is 19.7. The lowest BCUT2D eigenvalue weighted by molar-refractivity contribution is 0.458. The number of fused-ring (bicyclic) bond motifs is 1. The fourth-order valence-corrected chi connectivity index (χ4v) is 6.08. The van der Waals surface area contributed by atoms with Crippen LogP contribution in [0.3, 0.4) is 0 Å². The second-order valence-electron chi connectivity index (χ2n) is 9.37. The number of allylic oxidation sites excluding steroid dienone is 1.